The van der Waals surface area contributed by atoms with Crippen molar-refractivity contribution in [3.63, 3.8) is 0 Å². The van der Waals surface area contributed by atoms with Gasteiger partial charge >= 0.3 is 5.97 Å². The molecular formula is C23H20ClN3O8S. The topological polar surface area (TPSA) is 154 Å². The van der Waals surface area contributed by atoms with Crippen LogP contribution < -0.4 is 14.8 Å². The Bertz CT molecular complexity index is 1410. The van der Waals surface area contributed by atoms with Gasteiger partial charge in [0, 0.05) is 12.1 Å². The predicted octanol–water partition coefficient (Wildman–Crippen LogP) is 4.24. The number of benzene rings is 3. The minimum atomic E-state index is -4.05. The number of carbonyl (C=O) groups excluding carboxylic acids is 2. The molecule has 3 rings (SSSR count). The van der Waals surface area contributed by atoms with E-state index < -0.39 is 32.9 Å². The van der Waals surface area contributed by atoms with Gasteiger partial charge in [0.1, 0.15) is 5.75 Å². The molecule has 0 unspecified atom stereocenters. The fraction of sp³-hybridized carbons (Fsp3) is 0.130. The predicted molar refractivity (Wildman–Crippen MR) is 132 cm³/mol. The zero-order valence-electron chi connectivity index (χ0n) is 18.9. The van der Waals surface area contributed by atoms with Crippen molar-refractivity contribution in [1.82, 2.24) is 0 Å². The van der Waals surface area contributed by atoms with Crippen molar-refractivity contribution < 1.29 is 32.4 Å². The standard InChI is InChI=1S/C23H20ClN3O8S/c1-14(22(28)25-21-12-7-15(27(30)31)13-19(21)24)35-23(29)18-5-3-4-6-20(18)26-36(32,33)17-10-8-16(34-2)9-11-17/h3-14,26H,1-2H3,(H,25,28)/t14-/m1/s1. The highest BCUT2D eigenvalue weighted by Crippen LogP contribution is 2.27. The van der Waals surface area contributed by atoms with E-state index in [0.29, 0.717) is 5.75 Å². The van der Waals surface area contributed by atoms with E-state index in [0.717, 1.165) is 12.1 Å². The Hall–Kier alpha value is -4.16. The first-order chi connectivity index (χ1) is 17.0. The molecule has 0 aliphatic rings. The van der Waals surface area contributed by atoms with Crippen LogP contribution in [0.25, 0.3) is 0 Å². The van der Waals surface area contributed by atoms with Gasteiger partial charge in [0.25, 0.3) is 21.6 Å². The number of methoxy groups -OCH3 is 1. The second-order valence-corrected chi connectivity index (χ2v) is 9.37. The van der Waals surface area contributed by atoms with Crippen LogP contribution in [0.4, 0.5) is 17.1 Å². The van der Waals surface area contributed by atoms with E-state index in [1.54, 1.807) is 0 Å². The Morgan fingerprint density at radius 1 is 1.03 bits per heavy atom. The van der Waals surface area contributed by atoms with E-state index in [4.69, 9.17) is 21.1 Å². The third-order valence-corrected chi connectivity index (χ3v) is 6.53. The number of hydrogen-bond donors (Lipinski definition) is 2. The van der Waals surface area contributed by atoms with Crippen LogP contribution in [-0.4, -0.2) is 38.4 Å². The molecule has 0 spiro atoms. The number of anilines is 2. The number of nitrogens with zero attached hydrogens (tertiary/aromatic N) is 1. The van der Waals surface area contributed by atoms with Gasteiger partial charge < -0.3 is 14.8 Å². The molecule has 3 aromatic carbocycles. The van der Waals surface area contributed by atoms with Crippen LogP contribution in [0.15, 0.2) is 71.6 Å². The van der Waals surface area contributed by atoms with Crippen molar-refractivity contribution in [3.8, 4) is 5.75 Å². The average Bonchev–Trinajstić information content (AvgIpc) is 2.85. The third-order valence-electron chi connectivity index (χ3n) is 4.84. The van der Waals surface area contributed by atoms with Crippen molar-refractivity contribution >= 4 is 50.6 Å². The van der Waals surface area contributed by atoms with E-state index >= 15 is 0 Å². The van der Waals surface area contributed by atoms with Crippen molar-refractivity contribution in [3.05, 3.63) is 87.4 Å². The number of para-hydroxylation sites is 1. The maximum Gasteiger partial charge on any atom is 0.341 e. The average molecular weight is 534 g/mol. The van der Waals surface area contributed by atoms with Crippen molar-refractivity contribution in [2.45, 2.75) is 17.9 Å². The summed E-state index contributed by atoms with van der Waals surface area (Å²) in [7, 11) is -2.60. The first kappa shape index (κ1) is 26.4. The number of halogens is 1. The summed E-state index contributed by atoms with van der Waals surface area (Å²) >= 11 is 5.97. The summed E-state index contributed by atoms with van der Waals surface area (Å²) in [6.07, 6.45) is -1.31. The lowest BCUT2D eigenvalue weighted by molar-refractivity contribution is -0.384. The highest BCUT2D eigenvalue weighted by molar-refractivity contribution is 7.92. The fourth-order valence-electron chi connectivity index (χ4n) is 2.94. The molecule has 0 fully saturated rings. The number of nitro groups is 1. The summed E-state index contributed by atoms with van der Waals surface area (Å²) in [5.74, 6) is -1.24. The molecule has 13 heteroatoms. The van der Waals surface area contributed by atoms with Crippen LogP contribution >= 0.6 is 11.6 Å². The number of rotatable bonds is 9. The van der Waals surface area contributed by atoms with Crippen molar-refractivity contribution in [1.29, 1.82) is 0 Å². The number of esters is 1. The molecule has 11 nitrogen and oxygen atoms in total. The summed E-state index contributed by atoms with van der Waals surface area (Å²) in [6.45, 7) is 1.30. The van der Waals surface area contributed by atoms with Crippen molar-refractivity contribution in [2.24, 2.45) is 0 Å². The monoisotopic (exact) mass is 533 g/mol. The number of hydrogen-bond acceptors (Lipinski definition) is 8. The summed E-state index contributed by atoms with van der Waals surface area (Å²) in [5.41, 5.74) is -0.346. The maximum atomic E-state index is 12.8. The minimum Gasteiger partial charge on any atom is -0.497 e. The zero-order chi connectivity index (χ0) is 26.5. The molecule has 0 aliphatic heterocycles. The number of ether oxygens (including phenoxy) is 2. The van der Waals surface area contributed by atoms with Crippen molar-refractivity contribution in [2.75, 3.05) is 17.1 Å². The second-order valence-electron chi connectivity index (χ2n) is 7.28. The first-order valence-corrected chi connectivity index (χ1v) is 12.1. The van der Waals surface area contributed by atoms with Gasteiger partial charge in [-0.25, -0.2) is 13.2 Å². The van der Waals surface area contributed by atoms with E-state index in [1.165, 1.54) is 68.6 Å². The third kappa shape index (κ3) is 6.29. The Morgan fingerprint density at radius 2 is 1.69 bits per heavy atom. The molecule has 2 N–H and O–H groups in total. The van der Waals surface area contributed by atoms with Crippen LogP contribution in [0.5, 0.6) is 5.75 Å². The summed E-state index contributed by atoms with van der Waals surface area (Å²) in [4.78, 5) is 35.4. The van der Waals surface area contributed by atoms with Gasteiger partial charge in [-0.3, -0.25) is 19.6 Å². The Kier molecular flexibility index (Phi) is 8.12. The molecule has 36 heavy (non-hydrogen) atoms. The van der Waals surface area contributed by atoms with E-state index in [-0.39, 0.29) is 32.5 Å². The normalized spacial score (nSPS) is 11.8. The largest absolute Gasteiger partial charge is 0.497 e. The van der Waals surface area contributed by atoms with Crippen LogP contribution in [0.1, 0.15) is 17.3 Å². The lowest BCUT2D eigenvalue weighted by Crippen LogP contribution is -2.30. The van der Waals surface area contributed by atoms with E-state index in [1.807, 2.05) is 0 Å². The molecule has 0 radical (unpaired) electrons. The summed E-state index contributed by atoms with van der Waals surface area (Å²) < 4.78 is 38.1. The molecule has 0 aliphatic carbocycles. The minimum absolute atomic E-state index is 0.0515. The Labute approximate surface area is 211 Å². The zero-order valence-corrected chi connectivity index (χ0v) is 20.5. The Balaban J connectivity index is 1.72. The number of amides is 1. The van der Waals surface area contributed by atoms with Gasteiger partial charge in [-0.05, 0) is 49.4 Å². The highest BCUT2D eigenvalue weighted by Gasteiger charge is 2.24. The smallest absolute Gasteiger partial charge is 0.341 e. The van der Waals surface area contributed by atoms with Crippen LogP contribution in [0.3, 0.4) is 0 Å². The molecule has 0 aromatic heterocycles. The molecule has 1 amide bonds. The quantitative estimate of drug-likeness (QED) is 0.235. The van der Waals surface area contributed by atoms with E-state index in [9.17, 15) is 28.1 Å². The van der Waals surface area contributed by atoms with Crippen LogP contribution in [0.2, 0.25) is 5.02 Å². The number of sulfonamides is 1. The maximum absolute atomic E-state index is 12.8. The van der Waals surface area contributed by atoms with Crippen LogP contribution in [0, 0.1) is 10.1 Å². The molecule has 0 saturated carbocycles. The molecule has 0 heterocycles. The Morgan fingerprint density at radius 3 is 2.31 bits per heavy atom. The fourth-order valence-corrected chi connectivity index (χ4v) is 4.24. The SMILES string of the molecule is COc1ccc(S(=O)(=O)Nc2ccccc2C(=O)O[C@H](C)C(=O)Nc2ccc([N+](=O)[O-])cc2Cl)cc1. The lowest BCUT2D eigenvalue weighted by atomic mass is 10.2. The number of carbonyl (C=O) groups is 2. The molecule has 1 atom stereocenters. The van der Waals surface area contributed by atoms with Gasteiger partial charge in [-0.2, -0.15) is 0 Å². The molecule has 188 valence electrons. The van der Waals surface area contributed by atoms with Gasteiger partial charge in [-0.1, -0.05) is 23.7 Å². The van der Waals surface area contributed by atoms with Gasteiger partial charge in [0.2, 0.25) is 0 Å². The van der Waals surface area contributed by atoms with E-state index in [2.05, 4.69) is 10.0 Å². The number of nitrogens with one attached hydrogen (secondary N) is 2. The molecule has 0 bridgehead atoms. The number of nitro benzene ring substituents is 1. The van der Waals surface area contributed by atoms with Gasteiger partial charge in [0.15, 0.2) is 6.10 Å². The number of non-ortho nitro benzene ring substituents is 1. The molecule has 3 aromatic rings. The van der Waals surface area contributed by atoms with Gasteiger partial charge in [-0.15, -0.1) is 0 Å². The highest BCUT2D eigenvalue weighted by atomic mass is 35.5. The summed E-state index contributed by atoms with van der Waals surface area (Å²) in [5, 5.41) is 13.2. The summed E-state index contributed by atoms with van der Waals surface area (Å²) in [6, 6.07) is 14.9. The first-order valence-electron chi connectivity index (χ1n) is 10.2. The lowest BCUT2D eigenvalue weighted by Gasteiger charge is -2.16. The molecule has 0 saturated heterocycles. The van der Waals surface area contributed by atoms with Crippen LogP contribution in [-0.2, 0) is 19.6 Å². The molecular weight excluding hydrogens is 514 g/mol. The second kappa shape index (κ2) is 11.1. The van der Waals surface area contributed by atoms with Gasteiger partial charge in [0.05, 0.1) is 38.9 Å².